The molecule has 0 aromatic heterocycles. The molecule has 0 radical (unpaired) electrons. The van der Waals surface area contributed by atoms with Crippen molar-refractivity contribution in [2.24, 2.45) is 4.99 Å². The Morgan fingerprint density at radius 3 is 2.42 bits per heavy atom. The molecule has 0 atom stereocenters. The molecule has 1 saturated heterocycles. The first-order valence-electron chi connectivity index (χ1n) is 9.38. The Hall–Kier alpha value is -0.770. The van der Waals surface area contributed by atoms with Crippen molar-refractivity contribution in [2.45, 2.75) is 58.6 Å². The van der Waals surface area contributed by atoms with Crippen molar-refractivity contribution in [2.75, 3.05) is 46.8 Å². The average Bonchev–Trinajstić information content (AvgIpc) is 2.54. The summed E-state index contributed by atoms with van der Waals surface area (Å²) in [5.74, 6) is 0.798. The van der Waals surface area contributed by atoms with E-state index in [2.05, 4.69) is 27.4 Å². The van der Waals surface area contributed by atoms with Crippen molar-refractivity contribution in [1.82, 2.24) is 20.4 Å². The predicted octanol–water partition coefficient (Wildman–Crippen LogP) is 2.51. The number of carbonyl (C=O) groups is 1. The van der Waals surface area contributed by atoms with Crippen LogP contribution in [-0.2, 0) is 4.74 Å². The Kier molecular flexibility index (Phi) is 12.2. The fraction of sp³-hybridized carbons (Fsp3) is 0.889. The standard InChI is InChI=1S/C18H37N5O2.HI/c1-7-11-23-12-8-15(9-13-23)21-16(19-5)20-10-14-22(6)17(24)25-18(2,3)4;/h15H,7-14H2,1-6H3,(H2,19,20,21);1H. The van der Waals surface area contributed by atoms with E-state index in [9.17, 15) is 4.79 Å². The Bertz CT molecular complexity index is 432. The minimum Gasteiger partial charge on any atom is -0.444 e. The maximum atomic E-state index is 11.9. The molecule has 0 aliphatic carbocycles. The lowest BCUT2D eigenvalue weighted by molar-refractivity contribution is 0.0302. The third-order valence-electron chi connectivity index (χ3n) is 4.14. The van der Waals surface area contributed by atoms with Crippen LogP contribution < -0.4 is 10.6 Å². The van der Waals surface area contributed by atoms with E-state index in [0.717, 1.165) is 31.9 Å². The summed E-state index contributed by atoms with van der Waals surface area (Å²) in [5, 5.41) is 6.76. The Morgan fingerprint density at radius 2 is 1.92 bits per heavy atom. The largest absolute Gasteiger partial charge is 0.444 e. The quantitative estimate of drug-likeness (QED) is 0.345. The van der Waals surface area contributed by atoms with E-state index in [-0.39, 0.29) is 30.1 Å². The summed E-state index contributed by atoms with van der Waals surface area (Å²) in [4.78, 5) is 20.3. The maximum absolute atomic E-state index is 11.9. The molecule has 0 aromatic carbocycles. The van der Waals surface area contributed by atoms with E-state index < -0.39 is 5.60 Å². The average molecular weight is 483 g/mol. The molecule has 8 heteroatoms. The number of hydrogen-bond donors (Lipinski definition) is 2. The van der Waals surface area contributed by atoms with Gasteiger partial charge in [-0.2, -0.15) is 0 Å². The van der Waals surface area contributed by atoms with Crippen LogP contribution in [0.25, 0.3) is 0 Å². The molecule has 0 bridgehead atoms. The van der Waals surface area contributed by atoms with Crippen LogP contribution in [0.5, 0.6) is 0 Å². The normalized spacial score (nSPS) is 16.6. The second-order valence-corrected chi connectivity index (χ2v) is 7.66. The summed E-state index contributed by atoms with van der Waals surface area (Å²) in [6.45, 7) is 12.5. The highest BCUT2D eigenvalue weighted by atomic mass is 127. The highest BCUT2D eigenvalue weighted by Crippen LogP contribution is 2.10. The van der Waals surface area contributed by atoms with Crippen LogP contribution in [0, 0.1) is 0 Å². The summed E-state index contributed by atoms with van der Waals surface area (Å²) in [7, 11) is 3.52. The fourth-order valence-corrected chi connectivity index (χ4v) is 2.78. The van der Waals surface area contributed by atoms with Gasteiger partial charge in [-0.1, -0.05) is 6.92 Å². The zero-order chi connectivity index (χ0) is 18.9. The maximum Gasteiger partial charge on any atom is 0.410 e. The molecule has 1 heterocycles. The van der Waals surface area contributed by atoms with Gasteiger partial charge < -0.3 is 25.2 Å². The number of amides is 1. The highest BCUT2D eigenvalue weighted by Gasteiger charge is 2.20. The van der Waals surface area contributed by atoms with Gasteiger partial charge >= 0.3 is 6.09 Å². The molecule has 154 valence electrons. The van der Waals surface area contributed by atoms with Crippen LogP contribution in [0.15, 0.2) is 4.99 Å². The monoisotopic (exact) mass is 483 g/mol. The highest BCUT2D eigenvalue weighted by molar-refractivity contribution is 14.0. The molecular formula is C18H38IN5O2. The molecule has 1 amide bonds. The molecule has 1 fully saturated rings. The third-order valence-corrected chi connectivity index (χ3v) is 4.14. The number of rotatable bonds is 6. The van der Waals surface area contributed by atoms with Crippen LogP contribution in [0.2, 0.25) is 0 Å². The minimum atomic E-state index is -0.469. The number of likely N-dealkylation sites (N-methyl/N-ethyl adjacent to an activating group) is 1. The summed E-state index contributed by atoms with van der Waals surface area (Å²) in [6.07, 6.45) is 3.18. The van der Waals surface area contributed by atoms with E-state index in [0.29, 0.717) is 19.1 Å². The number of piperidine rings is 1. The van der Waals surface area contributed by atoms with Gasteiger partial charge in [0.05, 0.1) is 0 Å². The molecule has 1 rings (SSSR count). The molecule has 0 aromatic rings. The van der Waals surface area contributed by atoms with Crippen molar-refractivity contribution < 1.29 is 9.53 Å². The van der Waals surface area contributed by atoms with Gasteiger partial charge in [-0.15, -0.1) is 24.0 Å². The molecule has 2 N–H and O–H groups in total. The van der Waals surface area contributed by atoms with Crippen LogP contribution in [-0.4, -0.2) is 80.3 Å². The SMILES string of the molecule is CCCN1CCC(NC(=NC)NCCN(C)C(=O)OC(C)(C)C)CC1.I. The van der Waals surface area contributed by atoms with E-state index in [4.69, 9.17) is 4.74 Å². The summed E-state index contributed by atoms with van der Waals surface area (Å²) < 4.78 is 5.34. The van der Waals surface area contributed by atoms with E-state index in [1.807, 2.05) is 20.8 Å². The summed E-state index contributed by atoms with van der Waals surface area (Å²) >= 11 is 0. The van der Waals surface area contributed by atoms with Gasteiger partial charge in [0.1, 0.15) is 5.60 Å². The molecule has 0 saturated carbocycles. The van der Waals surface area contributed by atoms with Crippen LogP contribution in [0.4, 0.5) is 4.79 Å². The Balaban J connectivity index is 0.00000625. The van der Waals surface area contributed by atoms with Gasteiger partial charge in [-0.3, -0.25) is 4.99 Å². The van der Waals surface area contributed by atoms with Gasteiger partial charge in [0, 0.05) is 46.3 Å². The lowest BCUT2D eigenvalue weighted by atomic mass is 10.1. The topological polar surface area (TPSA) is 69.2 Å². The first-order chi connectivity index (χ1) is 11.7. The predicted molar refractivity (Wildman–Crippen MR) is 119 cm³/mol. The Morgan fingerprint density at radius 1 is 1.31 bits per heavy atom. The Labute approximate surface area is 176 Å². The van der Waals surface area contributed by atoms with Gasteiger partial charge in [0.25, 0.3) is 0 Å². The number of halogens is 1. The zero-order valence-corrected chi connectivity index (χ0v) is 19.6. The van der Waals surface area contributed by atoms with E-state index in [1.165, 1.54) is 13.0 Å². The molecule has 1 aliphatic heterocycles. The van der Waals surface area contributed by atoms with Crippen LogP contribution in [0.3, 0.4) is 0 Å². The molecule has 0 spiro atoms. The second kappa shape index (κ2) is 12.6. The van der Waals surface area contributed by atoms with Gasteiger partial charge in [0.15, 0.2) is 5.96 Å². The molecular weight excluding hydrogens is 445 g/mol. The fourth-order valence-electron chi connectivity index (χ4n) is 2.78. The number of nitrogens with one attached hydrogen (secondary N) is 2. The van der Waals surface area contributed by atoms with Crippen LogP contribution in [0.1, 0.15) is 47.0 Å². The molecule has 26 heavy (non-hydrogen) atoms. The number of likely N-dealkylation sites (tertiary alicyclic amines) is 1. The number of nitrogens with zero attached hydrogens (tertiary/aromatic N) is 3. The number of guanidine groups is 1. The van der Waals surface area contributed by atoms with Crippen molar-refractivity contribution in [3.05, 3.63) is 0 Å². The number of hydrogen-bond acceptors (Lipinski definition) is 4. The van der Waals surface area contributed by atoms with Gasteiger partial charge in [0.2, 0.25) is 0 Å². The second-order valence-electron chi connectivity index (χ2n) is 7.66. The van der Waals surface area contributed by atoms with Gasteiger partial charge in [-0.25, -0.2) is 4.79 Å². The number of carbonyl (C=O) groups excluding carboxylic acids is 1. The zero-order valence-electron chi connectivity index (χ0n) is 17.3. The summed E-state index contributed by atoms with van der Waals surface area (Å²) in [5.41, 5.74) is -0.469. The van der Waals surface area contributed by atoms with E-state index in [1.54, 1.807) is 19.0 Å². The third kappa shape index (κ3) is 10.4. The minimum absolute atomic E-state index is 0. The first kappa shape index (κ1) is 25.2. The van der Waals surface area contributed by atoms with Crippen molar-refractivity contribution in [3.63, 3.8) is 0 Å². The lowest BCUT2D eigenvalue weighted by Crippen LogP contribution is -2.50. The summed E-state index contributed by atoms with van der Waals surface area (Å²) in [6, 6.07) is 0.461. The van der Waals surface area contributed by atoms with Crippen molar-refractivity contribution in [1.29, 1.82) is 0 Å². The van der Waals surface area contributed by atoms with Crippen molar-refractivity contribution >= 4 is 36.0 Å². The molecule has 0 unspecified atom stereocenters. The van der Waals surface area contributed by atoms with E-state index >= 15 is 0 Å². The number of ether oxygens (including phenoxy) is 1. The molecule has 7 nitrogen and oxygen atoms in total. The van der Waals surface area contributed by atoms with Crippen molar-refractivity contribution in [3.8, 4) is 0 Å². The van der Waals surface area contributed by atoms with Crippen LogP contribution >= 0.6 is 24.0 Å². The first-order valence-corrected chi connectivity index (χ1v) is 9.38. The lowest BCUT2D eigenvalue weighted by Gasteiger charge is -2.33. The molecule has 1 aliphatic rings. The smallest absolute Gasteiger partial charge is 0.410 e. The number of aliphatic imine (C=N–C) groups is 1. The van der Waals surface area contributed by atoms with Gasteiger partial charge in [-0.05, 0) is 46.6 Å².